The van der Waals surface area contributed by atoms with Crippen molar-refractivity contribution in [3.63, 3.8) is 0 Å². The molecule has 0 amide bonds. The molecule has 1 atom stereocenters. The third-order valence-corrected chi connectivity index (χ3v) is 9.82. The van der Waals surface area contributed by atoms with Crippen LogP contribution < -0.4 is 0 Å². The lowest BCUT2D eigenvalue weighted by Crippen LogP contribution is -2.32. The summed E-state index contributed by atoms with van der Waals surface area (Å²) in [6.07, 6.45) is 2.89. The maximum Gasteiger partial charge on any atom is 0.208 e. The van der Waals surface area contributed by atoms with Crippen LogP contribution in [0.5, 0.6) is 0 Å². The molecule has 0 aliphatic carbocycles. The van der Waals surface area contributed by atoms with Crippen molar-refractivity contribution < 1.29 is 16.8 Å². The van der Waals surface area contributed by atoms with Crippen LogP contribution in [0.1, 0.15) is 17.2 Å². The predicted octanol–water partition coefficient (Wildman–Crippen LogP) is 5.92. The van der Waals surface area contributed by atoms with E-state index in [9.17, 15) is 16.8 Å². The van der Waals surface area contributed by atoms with Gasteiger partial charge in [-0.15, -0.1) is 0 Å². The highest BCUT2D eigenvalue weighted by atomic mass is 32.2. The number of benzene rings is 4. The Labute approximate surface area is 217 Å². The molecule has 0 saturated carbocycles. The van der Waals surface area contributed by atoms with E-state index < -0.39 is 25.7 Å². The summed E-state index contributed by atoms with van der Waals surface area (Å²) in [6, 6.07) is 34.3. The molecule has 0 spiro atoms. The van der Waals surface area contributed by atoms with Gasteiger partial charge in [-0.2, -0.15) is 0 Å². The molecule has 0 radical (unpaired) electrons. The average molecular weight is 528 g/mol. The Morgan fingerprint density at radius 2 is 1.03 bits per heavy atom. The molecule has 4 aromatic carbocycles. The van der Waals surface area contributed by atoms with Gasteiger partial charge in [-0.05, 0) is 41.5 Å². The van der Waals surface area contributed by atoms with Crippen LogP contribution in [0.2, 0.25) is 0 Å². The van der Waals surface area contributed by atoms with E-state index in [0.717, 1.165) is 11.1 Å². The zero-order valence-electron chi connectivity index (χ0n) is 19.9. The minimum Gasteiger partial charge on any atom is -0.360 e. The molecular weight excluding hydrogens is 502 g/mol. The predicted molar refractivity (Wildman–Crippen MR) is 145 cm³/mol. The zero-order valence-corrected chi connectivity index (χ0v) is 21.5. The number of hydrogen-bond acceptors (Lipinski definition) is 5. The van der Waals surface area contributed by atoms with Crippen molar-refractivity contribution in [2.24, 2.45) is 0 Å². The van der Waals surface area contributed by atoms with E-state index in [-0.39, 0.29) is 19.6 Å². The molecule has 1 unspecified atom stereocenters. The van der Waals surface area contributed by atoms with Crippen LogP contribution in [0.3, 0.4) is 0 Å². The second kappa shape index (κ2) is 10.2. The third kappa shape index (κ3) is 5.01. The topological polar surface area (TPSA) is 71.5 Å². The van der Waals surface area contributed by atoms with E-state index in [2.05, 4.69) is 0 Å². The van der Waals surface area contributed by atoms with Gasteiger partial charge in [0.2, 0.25) is 19.7 Å². The monoisotopic (exact) mass is 527 g/mol. The minimum absolute atomic E-state index is 0.0119. The molecule has 4 aromatic rings. The van der Waals surface area contributed by atoms with Crippen LogP contribution in [-0.4, -0.2) is 21.7 Å². The molecule has 37 heavy (non-hydrogen) atoms. The maximum absolute atomic E-state index is 14.1. The van der Waals surface area contributed by atoms with E-state index in [1.807, 2.05) is 60.7 Å². The van der Waals surface area contributed by atoms with Gasteiger partial charge in [-0.25, -0.2) is 16.8 Å². The summed E-state index contributed by atoms with van der Waals surface area (Å²) >= 11 is 0. The number of allylic oxidation sites excluding steroid dienone is 1. The van der Waals surface area contributed by atoms with Crippen LogP contribution in [0, 0.1) is 0 Å². The Bertz CT molecular complexity index is 1650. The van der Waals surface area contributed by atoms with E-state index >= 15 is 0 Å². The van der Waals surface area contributed by atoms with Crippen LogP contribution in [-0.2, 0) is 26.2 Å². The molecule has 1 aliphatic heterocycles. The van der Waals surface area contributed by atoms with Gasteiger partial charge < -0.3 is 4.90 Å². The molecule has 0 N–H and O–H groups in total. The van der Waals surface area contributed by atoms with Crippen LogP contribution in [0.15, 0.2) is 153 Å². The fourth-order valence-electron chi connectivity index (χ4n) is 4.42. The first-order valence-corrected chi connectivity index (χ1v) is 14.7. The zero-order chi connectivity index (χ0) is 25.9. The van der Waals surface area contributed by atoms with Gasteiger partial charge in [0.15, 0.2) is 0 Å². The van der Waals surface area contributed by atoms with E-state index in [1.54, 1.807) is 47.5 Å². The Morgan fingerprint density at radius 3 is 1.57 bits per heavy atom. The summed E-state index contributed by atoms with van der Waals surface area (Å²) in [5.74, 6) is 0. The largest absolute Gasteiger partial charge is 0.360 e. The first kappa shape index (κ1) is 24.7. The Kier molecular flexibility index (Phi) is 6.82. The lowest BCUT2D eigenvalue weighted by atomic mass is 10.0. The Balaban J connectivity index is 1.74. The van der Waals surface area contributed by atoms with Crippen molar-refractivity contribution in [1.82, 2.24) is 4.90 Å². The summed E-state index contributed by atoms with van der Waals surface area (Å²) in [5.41, 5.74) is 1.67. The molecule has 7 heteroatoms. The standard InChI is InChI=1S/C30H25NO4S2/c32-36(33,26-17-9-3-10-18-26)28-21-29(37(34,35)27-19-11-4-12-20-27)30(25-15-7-2-8-16-25)31(23-28)22-24-13-5-1-6-14-24/h1-21,23,30H,22H2. The van der Waals surface area contributed by atoms with Crippen LogP contribution in [0.25, 0.3) is 0 Å². The highest BCUT2D eigenvalue weighted by Crippen LogP contribution is 2.42. The van der Waals surface area contributed by atoms with Crippen molar-refractivity contribution >= 4 is 19.7 Å². The third-order valence-electron chi connectivity index (χ3n) is 6.23. The molecule has 5 nitrogen and oxygen atoms in total. The van der Waals surface area contributed by atoms with Gasteiger partial charge in [-0.3, -0.25) is 0 Å². The molecule has 1 aliphatic rings. The summed E-state index contributed by atoms with van der Waals surface area (Å²) in [5, 5.41) is 0. The van der Waals surface area contributed by atoms with Gasteiger partial charge in [0.1, 0.15) is 0 Å². The molecule has 5 rings (SSSR count). The average Bonchev–Trinajstić information content (AvgIpc) is 2.94. The quantitative estimate of drug-likeness (QED) is 0.299. The first-order chi connectivity index (χ1) is 17.9. The molecule has 0 saturated heterocycles. The van der Waals surface area contributed by atoms with Gasteiger partial charge in [-0.1, -0.05) is 97.1 Å². The highest BCUT2D eigenvalue weighted by Gasteiger charge is 2.38. The molecule has 0 fully saturated rings. The Hall–Kier alpha value is -3.94. The molecular formula is C30H25NO4S2. The fourth-order valence-corrected chi connectivity index (χ4v) is 7.48. The van der Waals surface area contributed by atoms with Crippen LogP contribution in [0.4, 0.5) is 0 Å². The summed E-state index contributed by atoms with van der Waals surface area (Å²) in [4.78, 5) is 1.96. The maximum atomic E-state index is 14.1. The number of nitrogens with zero attached hydrogens (tertiary/aromatic N) is 1. The Morgan fingerprint density at radius 1 is 0.568 bits per heavy atom. The number of hydrogen-bond donors (Lipinski definition) is 0. The second-order valence-corrected chi connectivity index (χ2v) is 12.6. The lowest BCUT2D eigenvalue weighted by Gasteiger charge is -2.36. The molecule has 1 heterocycles. The number of sulfone groups is 2. The van der Waals surface area contributed by atoms with Gasteiger partial charge in [0.25, 0.3) is 0 Å². The molecule has 0 bridgehead atoms. The normalized spacial score (nSPS) is 16.1. The smallest absolute Gasteiger partial charge is 0.208 e. The van der Waals surface area contributed by atoms with Crippen molar-refractivity contribution in [3.8, 4) is 0 Å². The molecule has 186 valence electrons. The van der Waals surface area contributed by atoms with Crippen LogP contribution >= 0.6 is 0 Å². The van der Waals surface area contributed by atoms with Crippen molar-refractivity contribution in [2.75, 3.05) is 0 Å². The second-order valence-electron chi connectivity index (χ2n) is 8.68. The highest BCUT2D eigenvalue weighted by molar-refractivity contribution is 7.96. The number of rotatable bonds is 7. The summed E-state index contributed by atoms with van der Waals surface area (Å²) in [6.45, 7) is 0.315. The molecule has 0 aromatic heterocycles. The van der Waals surface area contributed by atoms with Gasteiger partial charge >= 0.3 is 0 Å². The summed E-state index contributed by atoms with van der Waals surface area (Å²) < 4.78 is 55.5. The van der Waals surface area contributed by atoms with Crippen molar-refractivity contribution in [2.45, 2.75) is 22.4 Å². The van der Waals surface area contributed by atoms with Crippen molar-refractivity contribution in [1.29, 1.82) is 0 Å². The SMILES string of the molecule is O=S(=O)(C1=CN(Cc2ccccc2)C(c2ccccc2)C(S(=O)(=O)c2ccccc2)=C1)c1ccccc1. The van der Waals surface area contributed by atoms with E-state index in [1.165, 1.54) is 30.3 Å². The summed E-state index contributed by atoms with van der Waals surface area (Å²) in [7, 11) is -8.04. The minimum atomic E-state index is -4.05. The fraction of sp³-hybridized carbons (Fsp3) is 0.0667. The van der Waals surface area contributed by atoms with Gasteiger partial charge in [0.05, 0.1) is 25.6 Å². The van der Waals surface area contributed by atoms with Crippen molar-refractivity contribution in [3.05, 3.63) is 155 Å². The van der Waals surface area contributed by atoms with E-state index in [4.69, 9.17) is 0 Å². The first-order valence-electron chi connectivity index (χ1n) is 11.8. The van der Waals surface area contributed by atoms with Gasteiger partial charge in [0, 0.05) is 12.7 Å². The lowest BCUT2D eigenvalue weighted by molar-refractivity contribution is 0.306. The van der Waals surface area contributed by atoms with E-state index in [0.29, 0.717) is 6.54 Å².